The number of sulfonamides is 1. The molecule has 13 heteroatoms. The summed E-state index contributed by atoms with van der Waals surface area (Å²) in [7, 11) is -3.84. The van der Waals surface area contributed by atoms with E-state index >= 15 is 0 Å². The summed E-state index contributed by atoms with van der Waals surface area (Å²) in [6.45, 7) is 5.06. The summed E-state index contributed by atoms with van der Waals surface area (Å²) in [5.41, 5.74) is 1.15. The van der Waals surface area contributed by atoms with Crippen molar-refractivity contribution in [3.05, 3.63) is 23.0 Å². The minimum absolute atomic E-state index is 0.103. The fourth-order valence-electron chi connectivity index (χ4n) is 4.94. The van der Waals surface area contributed by atoms with E-state index in [1.54, 1.807) is 13.0 Å². The molecule has 35 heavy (non-hydrogen) atoms. The number of rotatable bonds is 6. The van der Waals surface area contributed by atoms with Gasteiger partial charge in [-0.05, 0) is 51.7 Å². The van der Waals surface area contributed by atoms with Gasteiger partial charge in [-0.3, -0.25) is 0 Å². The van der Waals surface area contributed by atoms with Crippen LogP contribution in [-0.2, 0) is 10.0 Å². The maximum atomic E-state index is 13.4. The Hall–Kier alpha value is -2.35. The van der Waals surface area contributed by atoms with Gasteiger partial charge in [-0.25, -0.2) is 31.9 Å². The third-order valence-corrected chi connectivity index (χ3v) is 9.50. The van der Waals surface area contributed by atoms with E-state index in [9.17, 15) is 17.2 Å². The molecule has 2 N–H and O–H groups in total. The van der Waals surface area contributed by atoms with Gasteiger partial charge in [-0.2, -0.15) is 0 Å². The first-order chi connectivity index (χ1) is 16.6. The highest BCUT2D eigenvalue weighted by molar-refractivity contribution is 7.89. The van der Waals surface area contributed by atoms with Gasteiger partial charge in [0, 0.05) is 36.1 Å². The number of hydrogen-bond acceptors (Lipinski definition) is 9. The van der Waals surface area contributed by atoms with Gasteiger partial charge in [0.25, 0.3) is 6.43 Å². The highest BCUT2D eigenvalue weighted by Gasteiger charge is 2.42. The van der Waals surface area contributed by atoms with Crippen molar-refractivity contribution in [2.45, 2.75) is 68.5 Å². The van der Waals surface area contributed by atoms with Crippen molar-refractivity contribution in [3.63, 3.8) is 0 Å². The van der Waals surface area contributed by atoms with Gasteiger partial charge in [0.1, 0.15) is 11.5 Å². The van der Waals surface area contributed by atoms with E-state index in [0.29, 0.717) is 40.2 Å². The van der Waals surface area contributed by atoms with Crippen molar-refractivity contribution in [1.82, 2.24) is 30.2 Å². The summed E-state index contributed by atoms with van der Waals surface area (Å²) in [4.78, 5) is 11.5. The average molecular weight is 522 g/mol. The molecule has 2 aliphatic heterocycles. The van der Waals surface area contributed by atoms with E-state index in [1.807, 2.05) is 6.92 Å². The van der Waals surface area contributed by atoms with Gasteiger partial charge in [0.2, 0.25) is 10.0 Å². The summed E-state index contributed by atoms with van der Waals surface area (Å²) in [5, 5.41) is 11.4. The second-order valence-corrected chi connectivity index (χ2v) is 12.6. The molecule has 2 bridgehead atoms. The summed E-state index contributed by atoms with van der Waals surface area (Å²) in [5.74, 6) is 0.444. The number of hydrogen-bond donors (Lipinski definition) is 2. The first kappa shape index (κ1) is 23.1. The van der Waals surface area contributed by atoms with Gasteiger partial charge in [-0.15, -0.1) is 10.2 Å². The van der Waals surface area contributed by atoms with Crippen LogP contribution in [0.3, 0.4) is 0 Å². The van der Waals surface area contributed by atoms with E-state index < -0.39 is 27.0 Å². The van der Waals surface area contributed by atoms with Crippen molar-refractivity contribution in [3.8, 4) is 10.7 Å². The van der Waals surface area contributed by atoms with Gasteiger partial charge in [0.05, 0.1) is 16.1 Å². The summed E-state index contributed by atoms with van der Waals surface area (Å²) < 4.78 is 56.1. The highest BCUT2D eigenvalue weighted by Crippen LogP contribution is 2.40. The largest absolute Gasteiger partial charge is 0.367 e. The van der Waals surface area contributed by atoms with Crippen LogP contribution >= 0.6 is 11.3 Å². The predicted molar refractivity (Wildman–Crippen MR) is 128 cm³/mol. The van der Waals surface area contributed by atoms with Crippen molar-refractivity contribution in [1.29, 1.82) is 0 Å². The maximum absolute atomic E-state index is 13.4. The first-order valence-corrected chi connectivity index (χ1v) is 13.9. The summed E-state index contributed by atoms with van der Waals surface area (Å²) in [6.07, 6.45) is 0.946. The van der Waals surface area contributed by atoms with Gasteiger partial charge < -0.3 is 10.2 Å². The van der Waals surface area contributed by atoms with Crippen molar-refractivity contribution < 1.29 is 17.2 Å². The lowest BCUT2D eigenvalue weighted by Crippen LogP contribution is -2.51. The predicted octanol–water partition coefficient (Wildman–Crippen LogP) is 3.17. The number of fused-ring (bicyclic) bond motifs is 3. The molecule has 3 fully saturated rings. The van der Waals surface area contributed by atoms with E-state index in [0.717, 1.165) is 50.1 Å². The highest BCUT2D eigenvalue weighted by atomic mass is 32.2. The molecule has 1 aliphatic carbocycles. The number of anilines is 1. The lowest BCUT2D eigenvalue weighted by atomic mass is 10.1. The number of nitrogens with one attached hydrogen (secondary N) is 2. The van der Waals surface area contributed by atoms with Crippen molar-refractivity contribution in [2.75, 3.05) is 18.0 Å². The molecule has 0 amide bonds. The molecular formula is C22H25F2N7O2S2. The molecule has 0 radical (unpaired) electrons. The Morgan fingerprint density at radius 3 is 2.51 bits per heavy atom. The summed E-state index contributed by atoms with van der Waals surface area (Å²) in [6, 6.07) is 3.86. The number of halogens is 2. The van der Waals surface area contributed by atoms with Crippen LogP contribution in [0.1, 0.15) is 49.9 Å². The van der Waals surface area contributed by atoms with Crippen LogP contribution in [0.15, 0.2) is 17.0 Å². The molecule has 1 aromatic carbocycles. The normalized spacial score (nSPS) is 23.4. The molecule has 4 heterocycles. The lowest BCUT2D eigenvalue weighted by Gasteiger charge is -2.35. The lowest BCUT2D eigenvalue weighted by molar-refractivity contribution is 0.150. The molecule has 2 atom stereocenters. The van der Waals surface area contributed by atoms with Crippen LogP contribution in [0.25, 0.3) is 21.6 Å². The molecule has 3 aliphatic rings. The van der Waals surface area contributed by atoms with Crippen LogP contribution in [0, 0.1) is 6.92 Å². The monoisotopic (exact) mass is 521 g/mol. The fraction of sp³-hybridized carbons (Fsp3) is 0.545. The van der Waals surface area contributed by atoms with E-state index in [-0.39, 0.29) is 9.90 Å². The van der Waals surface area contributed by atoms with Crippen LogP contribution in [-0.4, -0.2) is 59.3 Å². The molecule has 0 spiro atoms. The Balaban J connectivity index is 1.56. The Morgan fingerprint density at radius 2 is 1.89 bits per heavy atom. The van der Waals surface area contributed by atoms with Crippen LogP contribution < -0.4 is 14.9 Å². The third-order valence-electron chi connectivity index (χ3n) is 6.94. The molecule has 186 valence electrons. The Bertz CT molecular complexity index is 1410. The second kappa shape index (κ2) is 8.08. The molecular weight excluding hydrogens is 496 g/mol. The number of aromatic nitrogens is 4. The second-order valence-electron chi connectivity index (χ2n) is 9.91. The smallest absolute Gasteiger partial charge is 0.291 e. The number of alkyl halides is 2. The zero-order chi connectivity index (χ0) is 24.5. The molecule has 2 saturated heterocycles. The molecule has 3 aromatic rings. The molecule has 9 nitrogen and oxygen atoms in total. The fourth-order valence-corrected chi connectivity index (χ4v) is 7.16. The van der Waals surface area contributed by atoms with Crippen molar-refractivity contribution >= 4 is 38.0 Å². The molecule has 6 rings (SSSR count). The number of aryl methyl sites for hydroxylation is 1. The first-order valence-electron chi connectivity index (χ1n) is 11.6. The van der Waals surface area contributed by atoms with Gasteiger partial charge in [0.15, 0.2) is 10.0 Å². The van der Waals surface area contributed by atoms with Crippen LogP contribution in [0.4, 0.5) is 14.5 Å². The third kappa shape index (κ3) is 4.28. The molecule has 2 unspecified atom stereocenters. The zero-order valence-electron chi connectivity index (χ0n) is 19.3. The van der Waals surface area contributed by atoms with Crippen LogP contribution in [0.2, 0.25) is 0 Å². The van der Waals surface area contributed by atoms with Crippen LogP contribution in [0.5, 0.6) is 0 Å². The average Bonchev–Trinajstić information content (AvgIpc) is 3.19. The quantitative estimate of drug-likeness (QED) is 0.509. The number of nitrogens with zero attached hydrogens (tertiary/aromatic N) is 5. The standard InChI is InChI=1S/C22H25F2N7O2S2/c1-11-25-17-15(18(26-11)20-28-29-21(34-20)19(23)24)7-14(35(32,33)30-22(2)5-6-22)8-16(17)31-9-12-3-4-13(10-31)27-12/h7-8,12-13,19,27,30H,3-6,9-10H2,1-2H3. The Labute approximate surface area is 205 Å². The molecule has 2 aromatic heterocycles. The minimum atomic E-state index is -3.84. The Kier molecular flexibility index (Phi) is 5.33. The number of benzene rings is 1. The topological polar surface area (TPSA) is 113 Å². The van der Waals surface area contributed by atoms with E-state index in [2.05, 4.69) is 35.1 Å². The molecule has 1 saturated carbocycles. The zero-order valence-corrected chi connectivity index (χ0v) is 20.9. The van der Waals surface area contributed by atoms with Gasteiger partial charge in [-0.1, -0.05) is 11.3 Å². The van der Waals surface area contributed by atoms with E-state index in [4.69, 9.17) is 0 Å². The van der Waals surface area contributed by atoms with Crippen molar-refractivity contribution in [2.24, 2.45) is 0 Å². The maximum Gasteiger partial charge on any atom is 0.291 e. The van der Waals surface area contributed by atoms with E-state index in [1.165, 1.54) is 6.07 Å². The Morgan fingerprint density at radius 1 is 1.17 bits per heavy atom. The minimum Gasteiger partial charge on any atom is -0.367 e. The van der Waals surface area contributed by atoms with Gasteiger partial charge >= 0.3 is 0 Å². The summed E-state index contributed by atoms with van der Waals surface area (Å²) >= 11 is 0.752. The number of piperazine rings is 1. The SMILES string of the molecule is Cc1nc(-c2nnc(C(F)F)s2)c2cc(S(=O)(=O)NC3(C)CC3)cc(N3CC4CCC(C3)N4)c2n1.